The van der Waals surface area contributed by atoms with E-state index in [1.807, 2.05) is 0 Å². The molecular formula is C18H25NO. The highest BCUT2D eigenvalue weighted by Gasteiger charge is 2.31. The van der Waals surface area contributed by atoms with Crippen molar-refractivity contribution in [3.05, 3.63) is 35.1 Å². The smallest absolute Gasteiger partial charge is 0.134 e. The molecule has 108 valence electrons. The third-order valence-electron chi connectivity index (χ3n) is 4.19. The zero-order valence-electron chi connectivity index (χ0n) is 13.0. The molecule has 0 saturated heterocycles. The van der Waals surface area contributed by atoms with Crippen molar-refractivity contribution < 1.29 is 4.42 Å². The van der Waals surface area contributed by atoms with Crippen LogP contribution in [0.15, 0.2) is 22.6 Å². The number of hydrogen-bond donors (Lipinski definition) is 1. The molecule has 1 aliphatic carbocycles. The van der Waals surface area contributed by atoms with Gasteiger partial charge in [-0.25, -0.2) is 0 Å². The van der Waals surface area contributed by atoms with Crippen molar-refractivity contribution in [3.8, 4) is 0 Å². The largest absolute Gasteiger partial charge is 0.459 e. The zero-order valence-corrected chi connectivity index (χ0v) is 13.0. The first-order valence-electron chi connectivity index (χ1n) is 7.77. The normalized spacial score (nSPS) is 16.0. The van der Waals surface area contributed by atoms with Crippen molar-refractivity contribution in [1.29, 1.82) is 0 Å². The Morgan fingerprint density at radius 3 is 2.60 bits per heavy atom. The van der Waals surface area contributed by atoms with Gasteiger partial charge in [-0.15, -0.1) is 0 Å². The van der Waals surface area contributed by atoms with Gasteiger partial charge in [-0.1, -0.05) is 33.8 Å². The molecule has 0 radical (unpaired) electrons. The summed E-state index contributed by atoms with van der Waals surface area (Å²) in [6.07, 6.45) is 2.63. The van der Waals surface area contributed by atoms with Crippen LogP contribution in [-0.4, -0.2) is 6.54 Å². The molecule has 3 rings (SSSR count). The monoisotopic (exact) mass is 271 g/mol. The Labute approximate surface area is 121 Å². The third kappa shape index (κ3) is 2.49. The van der Waals surface area contributed by atoms with Crippen LogP contribution in [0.4, 0.5) is 0 Å². The van der Waals surface area contributed by atoms with Crippen LogP contribution < -0.4 is 5.32 Å². The predicted octanol–water partition coefficient (Wildman–Crippen LogP) is 4.72. The van der Waals surface area contributed by atoms with Crippen molar-refractivity contribution in [3.63, 3.8) is 0 Å². The average molecular weight is 271 g/mol. The zero-order chi connectivity index (χ0) is 14.3. The molecule has 0 atom stereocenters. The van der Waals surface area contributed by atoms with Crippen LogP contribution in [0.25, 0.3) is 11.0 Å². The lowest BCUT2D eigenvalue weighted by molar-refractivity contribution is 0.513. The summed E-state index contributed by atoms with van der Waals surface area (Å²) in [6, 6.07) is 6.71. The van der Waals surface area contributed by atoms with Gasteiger partial charge in [0.2, 0.25) is 0 Å². The molecule has 2 nitrogen and oxygen atoms in total. The lowest BCUT2D eigenvalue weighted by Gasteiger charge is -2.18. The fourth-order valence-electron chi connectivity index (χ4n) is 2.82. The predicted molar refractivity (Wildman–Crippen MR) is 84.3 cm³/mol. The van der Waals surface area contributed by atoms with Gasteiger partial charge in [-0.05, 0) is 48.4 Å². The van der Waals surface area contributed by atoms with Crippen LogP contribution in [0, 0.1) is 0 Å². The number of rotatable bonds is 4. The van der Waals surface area contributed by atoms with E-state index < -0.39 is 0 Å². The van der Waals surface area contributed by atoms with Gasteiger partial charge in [0, 0.05) is 10.9 Å². The van der Waals surface area contributed by atoms with Gasteiger partial charge in [0.25, 0.3) is 0 Å². The highest BCUT2D eigenvalue weighted by molar-refractivity contribution is 5.84. The van der Waals surface area contributed by atoms with E-state index in [0.29, 0.717) is 0 Å². The molecule has 0 unspecified atom stereocenters. The topological polar surface area (TPSA) is 25.2 Å². The van der Waals surface area contributed by atoms with Crippen molar-refractivity contribution in [1.82, 2.24) is 5.32 Å². The van der Waals surface area contributed by atoms with Crippen LogP contribution >= 0.6 is 0 Å². The maximum atomic E-state index is 6.11. The van der Waals surface area contributed by atoms with Crippen LogP contribution in [0.2, 0.25) is 0 Å². The van der Waals surface area contributed by atoms with E-state index in [2.05, 4.69) is 51.2 Å². The van der Waals surface area contributed by atoms with Crippen LogP contribution in [-0.2, 0) is 12.0 Å². The minimum absolute atomic E-state index is 0.189. The van der Waals surface area contributed by atoms with Gasteiger partial charge in [0.15, 0.2) is 0 Å². The maximum Gasteiger partial charge on any atom is 0.134 e. The molecule has 1 aromatic carbocycles. The Morgan fingerprint density at radius 1 is 1.25 bits per heavy atom. The second-order valence-corrected chi connectivity index (χ2v) is 6.95. The summed E-state index contributed by atoms with van der Waals surface area (Å²) in [6.45, 7) is 10.8. The number of fused-ring (bicyclic) bond motifs is 1. The Morgan fingerprint density at radius 2 is 2.00 bits per heavy atom. The lowest BCUT2D eigenvalue weighted by atomic mass is 9.86. The molecule has 1 fully saturated rings. The molecule has 1 heterocycles. The minimum Gasteiger partial charge on any atom is -0.459 e. The fraction of sp³-hybridized carbons (Fsp3) is 0.556. The molecule has 0 spiro atoms. The second kappa shape index (κ2) is 4.92. The van der Waals surface area contributed by atoms with Gasteiger partial charge in [0.1, 0.15) is 11.3 Å². The maximum absolute atomic E-state index is 6.11. The fourth-order valence-corrected chi connectivity index (χ4v) is 2.82. The molecule has 0 aliphatic heterocycles. The summed E-state index contributed by atoms with van der Waals surface area (Å²) in [5.41, 5.74) is 4.09. The summed E-state index contributed by atoms with van der Waals surface area (Å²) >= 11 is 0. The highest BCUT2D eigenvalue weighted by Crippen LogP contribution is 2.46. The molecule has 2 heteroatoms. The Balaban J connectivity index is 2.10. The van der Waals surface area contributed by atoms with Gasteiger partial charge >= 0.3 is 0 Å². The number of hydrogen-bond acceptors (Lipinski definition) is 2. The molecule has 1 aliphatic rings. The van der Waals surface area contributed by atoms with Crippen molar-refractivity contribution in [2.24, 2.45) is 0 Å². The molecule has 0 amide bonds. The molecule has 0 bridgehead atoms. The number of furan rings is 1. The van der Waals surface area contributed by atoms with E-state index in [1.165, 1.54) is 29.4 Å². The van der Waals surface area contributed by atoms with Gasteiger partial charge in [0.05, 0.1) is 6.54 Å². The van der Waals surface area contributed by atoms with Gasteiger partial charge in [-0.2, -0.15) is 0 Å². The first-order chi connectivity index (χ1) is 9.50. The molecule has 1 aromatic heterocycles. The van der Waals surface area contributed by atoms with E-state index in [4.69, 9.17) is 4.42 Å². The van der Waals surface area contributed by atoms with Crippen molar-refractivity contribution >= 4 is 11.0 Å². The van der Waals surface area contributed by atoms with E-state index >= 15 is 0 Å². The van der Waals surface area contributed by atoms with Crippen LogP contribution in [0.1, 0.15) is 63.3 Å². The summed E-state index contributed by atoms with van der Waals surface area (Å²) in [5.74, 6) is 1.87. The van der Waals surface area contributed by atoms with E-state index in [-0.39, 0.29) is 5.41 Å². The van der Waals surface area contributed by atoms with Gasteiger partial charge in [-0.3, -0.25) is 0 Å². The van der Waals surface area contributed by atoms with E-state index in [1.54, 1.807) is 0 Å². The molecule has 2 aromatic rings. The second-order valence-electron chi connectivity index (χ2n) is 6.95. The highest BCUT2D eigenvalue weighted by atomic mass is 16.3. The van der Waals surface area contributed by atoms with E-state index in [0.717, 1.165) is 30.4 Å². The third-order valence-corrected chi connectivity index (χ3v) is 4.19. The summed E-state index contributed by atoms with van der Waals surface area (Å²) in [5, 5.41) is 4.74. The SMILES string of the molecule is CCNCc1oc2ccc(C(C)(C)C)cc2c1C1CC1. The summed E-state index contributed by atoms with van der Waals surface area (Å²) in [7, 11) is 0. The average Bonchev–Trinajstić information content (AvgIpc) is 3.15. The van der Waals surface area contributed by atoms with Crippen molar-refractivity contribution in [2.75, 3.05) is 6.54 Å². The first-order valence-corrected chi connectivity index (χ1v) is 7.77. The van der Waals surface area contributed by atoms with Crippen molar-refractivity contribution in [2.45, 2.75) is 58.4 Å². The van der Waals surface area contributed by atoms with Crippen LogP contribution in [0.5, 0.6) is 0 Å². The van der Waals surface area contributed by atoms with E-state index in [9.17, 15) is 0 Å². The molecule has 20 heavy (non-hydrogen) atoms. The quantitative estimate of drug-likeness (QED) is 0.870. The number of nitrogens with one attached hydrogen (secondary N) is 1. The lowest BCUT2D eigenvalue weighted by Crippen LogP contribution is -2.12. The molecular weight excluding hydrogens is 246 g/mol. The van der Waals surface area contributed by atoms with Crippen LogP contribution in [0.3, 0.4) is 0 Å². The minimum atomic E-state index is 0.189. The first kappa shape index (κ1) is 13.7. The Hall–Kier alpha value is -1.28. The Kier molecular flexibility index (Phi) is 3.37. The number of benzene rings is 1. The molecule has 1 N–H and O–H groups in total. The summed E-state index contributed by atoms with van der Waals surface area (Å²) in [4.78, 5) is 0. The summed E-state index contributed by atoms with van der Waals surface area (Å²) < 4.78 is 6.11. The molecule has 1 saturated carbocycles. The standard InChI is InChI=1S/C18H25NO/c1-5-19-11-16-17(12-6-7-12)14-10-13(18(2,3)4)8-9-15(14)20-16/h8-10,12,19H,5-7,11H2,1-4H3. The van der Waals surface area contributed by atoms with Gasteiger partial charge < -0.3 is 9.73 Å². The Bertz CT molecular complexity index is 614.